The Hall–Kier alpha value is -3.66. The van der Waals surface area contributed by atoms with Crippen molar-refractivity contribution in [3.05, 3.63) is 75.3 Å². The van der Waals surface area contributed by atoms with E-state index >= 15 is 0 Å². The Kier molecular flexibility index (Phi) is 6.81. The molecule has 1 aliphatic heterocycles. The molecule has 2 aromatic rings. The third kappa shape index (κ3) is 5.03. The zero-order valence-corrected chi connectivity index (χ0v) is 16.9. The topological polar surface area (TPSA) is 99.3 Å². The van der Waals surface area contributed by atoms with Gasteiger partial charge in [-0.2, -0.15) is 5.26 Å². The first-order valence-corrected chi connectivity index (χ1v) is 10.0. The highest BCUT2D eigenvalue weighted by Gasteiger charge is 2.22. The van der Waals surface area contributed by atoms with Gasteiger partial charge in [0.2, 0.25) is 0 Å². The third-order valence-electron chi connectivity index (χ3n) is 5.22. The number of nitro benzene ring substituents is 1. The van der Waals surface area contributed by atoms with Gasteiger partial charge in [0, 0.05) is 19.2 Å². The maximum atomic E-state index is 12.6. The van der Waals surface area contributed by atoms with Crippen molar-refractivity contribution in [3.8, 4) is 6.07 Å². The van der Waals surface area contributed by atoms with Crippen LogP contribution in [0.5, 0.6) is 0 Å². The second-order valence-corrected chi connectivity index (χ2v) is 7.33. The van der Waals surface area contributed by atoms with Crippen molar-refractivity contribution in [2.24, 2.45) is 0 Å². The number of benzene rings is 2. The summed E-state index contributed by atoms with van der Waals surface area (Å²) in [5, 5.41) is 23.9. The predicted octanol–water partition coefficient (Wildman–Crippen LogP) is 4.37. The molecule has 0 aromatic heterocycles. The molecule has 1 heterocycles. The van der Waals surface area contributed by atoms with Crippen LogP contribution in [-0.4, -0.2) is 23.9 Å². The van der Waals surface area contributed by atoms with E-state index in [9.17, 15) is 20.2 Å². The lowest BCUT2D eigenvalue weighted by molar-refractivity contribution is -0.384. The Morgan fingerprint density at radius 1 is 1.20 bits per heavy atom. The maximum absolute atomic E-state index is 12.6. The summed E-state index contributed by atoms with van der Waals surface area (Å²) >= 11 is 0. The molecule has 7 nitrogen and oxygen atoms in total. The monoisotopic (exact) mass is 404 g/mol. The van der Waals surface area contributed by atoms with Crippen LogP contribution in [0.2, 0.25) is 0 Å². The number of hydrogen-bond donors (Lipinski definition) is 1. The van der Waals surface area contributed by atoms with Gasteiger partial charge in [0.25, 0.3) is 11.6 Å². The van der Waals surface area contributed by atoms with Gasteiger partial charge < -0.3 is 10.2 Å². The van der Waals surface area contributed by atoms with Crippen molar-refractivity contribution in [1.82, 2.24) is 5.32 Å². The third-order valence-corrected chi connectivity index (χ3v) is 5.22. The second kappa shape index (κ2) is 9.70. The number of piperidine rings is 1. The zero-order chi connectivity index (χ0) is 21.5. The molecular formula is C23H24N4O3. The Labute approximate surface area is 175 Å². The van der Waals surface area contributed by atoms with Crippen molar-refractivity contribution in [3.63, 3.8) is 0 Å². The van der Waals surface area contributed by atoms with E-state index in [-0.39, 0.29) is 17.3 Å². The molecule has 0 saturated carbocycles. The van der Waals surface area contributed by atoms with Crippen LogP contribution in [0.25, 0.3) is 6.08 Å². The maximum Gasteiger partial charge on any atom is 0.293 e. The Morgan fingerprint density at radius 3 is 2.53 bits per heavy atom. The molecule has 0 bridgehead atoms. The van der Waals surface area contributed by atoms with Crippen LogP contribution in [0.3, 0.4) is 0 Å². The van der Waals surface area contributed by atoms with E-state index in [0.29, 0.717) is 11.3 Å². The lowest BCUT2D eigenvalue weighted by Crippen LogP contribution is -2.29. The first kappa shape index (κ1) is 21.1. The van der Waals surface area contributed by atoms with Crippen LogP contribution in [0, 0.1) is 21.4 Å². The van der Waals surface area contributed by atoms with Gasteiger partial charge in [0.05, 0.1) is 11.0 Å². The van der Waals surface area contributed by atoms with E-state index < -0.39 is 10.8 Å². The van der Waals surface area contributed by atoms with Crippen molar-refractivity contribution in [2.45, 2.75) is 32.2 Å². The fourth-order valence-corrected chi connectivity index (χ4v) is 3.59. The molecule has 3 rings (SSSR count). The molecule has 7 heteroatoms. The van der Waals surface area contributed by atoms with Gasteiger partial charge in [-0.25, -0.2) is 0 Å². The van der Waals surface area contributed by atoms with E-state index in [2.05, 4.69) is 5.32 Å². The fraction of sp³-hybridized carbons (Fsp3) is 0.304. The van der Waals surface area contributed by atoms with E-state index in [4.69, 9.17) is 0 Å². The van der Waals surface area contributed by atoms with E-state index in [1.807, 2.05) is 48.2 Å². The Morgan fingerprint density at radius 2 is 1.90 bits per heavy atom. The lowest BCUT2D eigenvalue weighted by atomic mass is 10.1. The first-order chi connectivity index (χ1) is 14.5. The van der Waals surface area contributed by atoms with Crippen molar-refractivity contribution >= 4 is 23.4 Å². The van der Waals surface area contributed by atoms with Crippen LogP contribution in [0.15, 0.2) is 54.1 Å². The molecule has 0 radical (unpaired) electrons. The summed E-state index contributed by atoms with van der Waals surface area (Å²) in [6.07, 6.45) is 4.54. The molecule has 1 aliphatic rings. The molecule has 2 aromatic carbocycles. The minimum atomic E-state index is -0.517. The fourth-order valence-electron chi connectivity index (χ4n) is 3.59. The minimum Gasteiger partial charge on any atom is -0.366 e. The van der Waals surface area contributed by atoms with Gasteiger partial charge in [0.1, 0.15) is 17.3 Å². The van der Waals surface area contributed by atoms with Crippen molar-refractivity contribution in [1.29, 1.82) is 5.26 Å². The summed E-state index contributed by atoms with van der Waals surface area (Å²) in [5.41, 5.74) is 1.84. The normalized spacial score (nSPS) is 15.2. The smallest absolute Gasteiger partial charge is 0.293 e. The number of nitrogens with one attached hydrogen (secondary N) is 1. The Bertz CT molecular complexity index is 989. The summed E-state index contributed by atoms with van der Waals surface area (Å²) in [5.74, 6) is -0.517. The molecule has 154 valence electrons. The zero-order valence-electron chi connectivity index (χ0n) is 16.9. The van der Waals surface area contributed by atoms with Crippen LogP contribution in [0.4, 0.5) is 11.4 Å². The molecule has 1 amide bonds. The molecule has 0 aliphatic carbocycles. The average molecular weight is 404 g/mol. The number of nitro groups is 1. The van der Waals surface area contributed by atoms with Gasteiger partial charge >= 0.3 is 0 Å². The highest BCUT2D eigenvalue weighted by atomic mass is 16.6. The second-order valence-electron chi connectivity index (χ2n) is 7.33. The number of carbonyl (C=O) groups excluding carboxylic acids is 1. The van der Waals surface area contributed by atoms with Gasteiger partial charge in [0.15, 0.2) is 0 Å². The van der Waals surface area contributed by atoms with Crippen molar-refractivity contribution in [2.75, 3.05) is 18.0 Å². The van der Waals surface area contributed by atoms with Gasteiger partial charge in [-0.1, -0.05) is 36.4 Å². The first-order valence-electron chi connectivity index (χ1n) is 10.0. The molecule has 1 saturated heterocycles. The molecule has 1 N–H and O–H groups in total. The van der Waals surface area contributed by atoms with Crippen LogP contribution in [0.1, 0.15) is 43.4 Å². The number of nitrogens with zero attached hydrogens (tertiary/aromatic N) is 3. The van der Waals surface area contributed by atoms with E-state index in [1.165, 1.54) is 12.1 Å². The molecule has 1 fully saturated rings. The Balaban J connectivity index is 1.82. The molecule has 1 atom stereocenters. The molecule has 1 unspecified atom stereocenters. The van der Waals surface area contributed by atoms with Gasteiger partial charge in [-0.05, 0) is 49.5 Å². The van der Waals surface area contributed by atoms with Crippen molar-refractivity contribution < 1.29 is 9.72 Å². The quantitative estimate of drug-likeness (QED) is 0.334. The van der Waals surface area contributed by atoms with Crippen LogP contribution in [-0.2, 0) is 4.79 Å². The largest absolute Gasteiger partial charge is 0.366 e. The average Bonchev–Trinajstić information content (AvgIpc) is 2.78. The molecule has 30 heavy (non-hydrogen) atoms. The highest BCUT2D eigenvalue weighted by Crippen LogP contribution is 2.32. The number of carbonyl (C=O) groups is 1. The predicted molar refractivity (Wildman–Crippen MR) is 116 cm³/mol. The van der Waals surface area contributed by atoms with E-state index in [1.54, 1.807) is 12.1 Å². The minimum absolute atomic E-state index is 0.0130. The summed E-state index contributed by atoms with van der Waals surface area (Å²) in [6.45, 7) is 3.42. The summed E-state index contributed by atoms with van der Waals surface area (Å²) in [7, 11) is 0. The number of amides is 1. The highest BCUT2D eigenvalue weighted by molar-refractivity contribution is 6.02. The van der Waals surface area contributed by atoms with Gasteiger partial charge in [-0.15, -0.1) is 0 Å². The number of nitriles is 1. The summed E-state index contributed by atoms with van der Waals surface area (Å²) in [6, 6.07) is 15.9. The lowest BCUT2D eigenvalue weighted by Gasteiger charge is -2.28. The number of rotatable bonds is 6. The van der Waals surface area contributed by atoms with Crippen LogP contribution < -0.4 is 10.2 Å². The number of anilines is 1. The standard InChI is InChI=1S/C23H24N4O3/c1-17(19-8-4-2-5-9-19)25-23(28)20(16-24)14-18-10-11-21(22(15-18)27(29)30)26-12-6-3-7-13-26/h2,4-5,8-11,14-15,17H,3,6-7,12-13H2,1H3,(H,25,28). The molecule has 0 spiro atoms. The number of hydrogen-bond acceptors (Lipinski definition) is 5. The summed E-state index contributed by atoms with van der Waals surface area (Å²) < 4.78 is 0. The van der Waals surface area contributed by atoms with Crippen LogP contribution >= 0.6 is 0 Å². The SMILES string of the molecule is CC(NC(=O)C(C#N)=Cc1ccc(N2CCCCC2)c([N+](=O)[O-])c1)c1ccccc1. The summed E-state index contributed by atoms with van der Waals surface area (Å²) in [4.78, 5) is 25.8. The van der Waals surface area contributed by atoms with E-state index in [0.717, 1.165) is 37.9 Å². The molecular weight excluding hydrogens is 380 g/mol. The van der Waals surface area contributed by atoms with Gasteiger partial charge in [-0.3, -0.25) is 14.9 Å².